The molecule has 0 aromatic heterocycles. The standard InChI is InChI=1S/C15H19F2NO/c16-15(17)19-12-5-6-14-13(8-12)11(9-18-14)7-10-3-1-2-4-10/h5-6,8,10-11,15,18H,1-4,7,9H2. The van der Waals surface area contributed by atoms with Crippen molar-refractivity contribution in [1.29, 1.82) is 0 Å². The molecule has 2 nitrogen and oxygen atoms in total. The first-order chi connectivity index (χ1) is 9.22. The predicted molar refractivity (Wildman–Crippen MR) is 70.9 cm³/mol. The number of ether oxygens (including phenoxy) is 1. The smallest absolute Gasteiger partial charge is 0.387 e. The summed E-state index contributed by atoms with van der Waals surface area (Å²) in [4.78, 5) is 0. The van der Waals surface area contributed by atoms with Crippen molar-refractivity contribution in [2.24, 2.45) is 5.92 Å². The molecule has 1 heterocycles. The maximum Gasteiger partial charge on any atom is 0.387 e. The predicted octanol–water partition coefficient (Wildman–Crippen LogP) is 4.38. The highest BCUT2D eigenvalue weighted by molar-refractivity contribution is 5.60. The third-order valence-electron chi connectivity index (χ3n) is 4.32. The first-order valence-electron chi connectivity index (χ1n) is 7.05. The van der Waals surface area contributed by atoms with Gasteiger partial charge >= 0.3 is 6.61 Å². The Labute approximate surface area is 112 Å². The summed E-state index contributed by atoms with van der Waals surface area (Å²) in [7, 11) is 0. The van der Waals surface area contributed by atoms with E-state index in [2.05, 4.69) is 10.1 Å². The number of halogens is 2. The molecule has 1 aliphatic carbocycles. The summed E-state index contributed by atoms with van der Waals surface area (Å²) in [5.41, 5.74) is 2.22. The van der Waals surface area contributed by atoms with Crippen LogP contribution in [0.1, 0.15) is 43.6 Å². The molecular formula is C15H19F2NO. The topological polar surface area (TPSA) is 21.3 Å². The second-order valence-electron chi connectivity index (χ2n) is 5.59. The van der Waals surface area contributed by atoms with Crippen LogP contribution in [-0.2, 0) is 0 Å². The molecule has 1 saturated carbocycles. The highest BCUT2D eigenvalue weighted by Gasteiger charge is 2.27. The van der Waals surface area contributed by atoms with Crippen LogP contribution in [0.3, 0.4) is 0 Å². The van der Waals surface area contributed by atoms with Gasteiger partial charge in [-0.2, -0.15) is 8.78 Å². The van der Waals surface area contributed by atoms with E-state index in [0.717, 1.165) is 30.1 Å². The molecule has 1 unspecified atom stereocenters. The maximum atomic E-state index is 12.3. The molecule has 1 N–H and O–H groups in total. The van der Waals surface area contributed by atoms with Gasteiger partial charge in [-0.1, -0.05) is 25.7 Å². The molecule has 0 bridgehead atoms. The van der Waals surface area contributed by atoms with Gasteiger partial charge in [-0.05, 0) is 36.1 Å². The highest BCUT2D eigenvalue weighted by atomic mass is 19.3. The van der Waals surface area contributed by atoms with Gasteiger partial charge in [-0.3, -0.25) is 0 Å². The largest absolute Gasteiger partial charge is 0.435 e. The molecule has 1 aliphatic heterocycles. The molecule has 1 fully saturated rings. The average Bonchev–Trinajstić information content (AvgIpc) is 3.00. The van der Waals surface area contributed by atoms with Gasteiger partial charge in [0.05, 0.1) is 0 Å². The van der Waals surface area contributed by atoms with E-state index in [1.165, 1.54) is 25.7 Å². The number of nitrogens with one attached hydrogen (secondary N) is 1. The SMILES string of the molecule is FC(F)Oc1ccc2c(c1)C(CC1CCCC1)CN2. The Bertz CT molecular complexity index is 444. The average molecular weight is 267 g/mol. The molecule has 0 radical (unpaired) electrons. The number of alkyl halides is 2. The zero-order chi connectivity index (χ0) is 13.2. The highest BCUT2D eigenvalue weighted by Crippen LogP contribution is 2.41. The van der Waals surface area contributed by atoms with Crippen LogP contribution >= 0.6 is 0 Å². The van der Waals surface area contributed by atoms with Gasteiger partial charge < -0.3 is 10.1 Å². The number of fused-ring (bicyclic) bond motifs is 1. The van der Waals surface area contributed by atoms with Crippen molar-refractivity contribution in [1.82, 2.24) is 0 Å². The molecule has 3 rings (SSSR count). The zero-order valence-electron chi connectivity index (χ0n) is 10.9. The Balaban J connectivity index is 1.73. The van der Waals surface area contributed by atoms with Gasteiger partial charge in [-0.15, -0.1) is 0 Å². The van der Waals surface area contributed by atoms with Crippen molar-refractivity contribution < 1.29 is 13.5 Å². The molecule has 1 aromatic rings. The van der Waals surface area contributed by atoms with Gasteiger partial charge in [0.1, 0.15) is 5.75 Å². The van der Waals surface area contributed by atoms with E-state index in [1.54, 1.807) is 12.1 Å². The normalized spacial score (nSPS) is 22.6. The van der Waals surface area contributed by atoms with E-state index in [1.807, 2.05) is 6.07 Å². The zero-order valence-corrected chi connectivity index (χ0v) is 10.9. The second-order valence-corrected chi connectivity index (χ2v) is 5.59. The van der Waals surface area contributed by atoms with E-state index < -0.39 is 6.61 Å². The van der Waals surface area contributed by atoms with E-state index in [4.69, 9.17) is 0 Å². The summed E-state index contributed by atoms with van der Waals surface area (Å²) in [6.45, 7) is -1.83. The molecule has 0 amide bonds. The van der Waals surface area contributed by atoms with Gasteiger partial charge in [-0.25, -0.2) is 0 Å². The van der Waals surface area contributed by atoms with Crippen LogP contribution in [0.4, 0.5) is 14.5 Å². The molecule has 1 atom stereocenters. The van der Waals surface area contributed by atoms with Crippen LogP contribution in [0.2, 0.25) is 0 Å². The van der Waals surface area contributed by atoms with Gasteiger partial charge in [0.25, 0.3) is 0 Å². The third kappa shape index (κ3) is 2.82. The first kappa shape index (κ1) is 12.7. The molecule has 104 valence electrons. The Morgan fingerprint density at radius 1 is 1.26 bits per heavy atom. The fraction of sp³-hybridized carbons (Fsp3) is 0.600. The fourth-order valence-electron chi connectivity index (χ4n) is 3.42. The molecular weight excluding hydrogens is 248 g/mol. The number of benzene rings is 1. The van der Waals surface area contributed by atoms with Crippen LogP contribution in [0, 0.1) is 5.92 Å². The lowest BCUT2D eigenvalue weighted by Crippen LogP contribution is -2.07. The second kappa shape index (κ2) is 5.35. The fourth-order valence-corrected chi connectivity index (χ4v) is 3.42. The minimum atomic E-state index is -2.75. The number of hydrogen-bond donors (Lipinski definition) is 1. The first-order valence-corrected chi connectivity index (χ1v) is 7.05. The lowest BCUT2D eigenvalue weighted by atomic mass is 9.89. The Kier molecular flexibility index (Phi) is 3.58. The maximum absolute atomic E-state index is 12.3. The van der Waals surface area contributed by atoms with Gasteiger partial charge in [0.15, 0.2) is 0 Å². The van der Waals surface area contributed by atoms with Gasteiger partial charge in [0, 0.05) is 18.2 Å². The summed E-state index contributed by atoms with van der Waals surface area (Å²) in [5.74, 6) is 1.52. The Hall–Kier alpha value is -1.32. The quantitative estimate of drug-likeness (QED) is 0.874. The van der Waals surface area contributed by atoms with E-state index >= 15 is 0 Å². The number of anilines is 1. The molecule has 0 spiro atoms. The molecule has 1 aromatic carbocycles. The van der Waals surface area contributed by atoms with E-state index in [-0.39, 0.29) is 5.75 Å². The minimum absolute atomic E-state index is 0.272. The summed E-state index contributed by atoms with van der Waals surface area (Å²) in [5, 5.41) is 3.36. The summed E-state index contributed by atoms with van der Waals surface area (Å²) in [6.07, 6.45) is 6.48. The minimum Gasteiger partial charge on any atom is -0.435 e. The number of rotatable bonds is 4. The Morgan fingerprint density at radius 3 is 2.79 bits per heavy atom. The molecule has 0 saturated heterocycles. The van der Waals surface area contributed by atoms with Crippen LogP contribution < -0.4 is 10.1 Å². The molecule has 4 heteroatoms. The van der Waals surface area contributed by atoms with Crippen molar-refractivity contribution in [3.63, 3.8) is 0 Å². The summed E-state index contributed by atoms with van der Waals surface area (Å²) >= 11 is 0. The lowest BCUT2D eigenvalue weighted by Gasteiger charge is -2.16. The van der Waals surface area contributed by atoms with Gasteiger partial charge in [0.2, 0.25) is 0 Å². The van der Waals surface area contributed by atoms with Crippen LogP contribution in [0.5, 0.6) is 5.75 Å². The number of hydrogen-bond acceptors (Lipinski definition) is 2. The monoisotopic (exact) mass is 267 g/mol. The van der Waals surface area contributed by atoms with Crippen molar-refractivity contribution in [2.75, 3.05) is 11.9 Å². The summed E-state index contributed by atoms with van der Waals surface area (Å²) in [6, 6.07) is 5.23. The van der Waals surface area contributed by atoms with Crippen molar-refractivity contribution in [3.05, 3.63) is 23.8 Å². The van der Waals surface area contributed by atoms with E-state index in [0.29, 0.717) is 5.92 Å². The van der Waals surface area contributed by atoms with Crippen LogP contribution in [0.15, 0.2) is 18.2 Å². The summed E-state index contributed by atoms with van der Waals surface area (Å²) < 4.78 is 29.0. The lowest BCUT2D eigenvalue weighted by molar-refractivity contribution is -0.0498. The van der Waals surface area contributed by atoms with Crippen molar-refractivity contribution in [2.45, 2.75) is 44.6 Å². The Morgan fingerprint density at radius 2 is 2.05 bits per heavy atom. The van der Waals surface area contributed by atoms with Crippen molar-refractivity contribution in [3.8, 4) is 5.75 Å². The van der Waals surface area contributed by atoms with E-state index in [9.17, 15) is 8.78 Å². The van der Waals surface area contributed by atoms with Crippen LogP contribution in [0.25, 0.3) is 0 Å². The molecule has 19 heavy (non-hydrogen) atoms. The third-order valence-corrected chi connectivity index (χ3v) is 4.32. The van der Waals surface area contributed by atoms with Crippen LogP contribution in [-0.4, -0.2) is 13.2 Å². The molecule has 2 aliphatic rings. The van der Waals surface area contributed by atoms with Crippen molar-refractivity contribution >= 4 is 5.69 Å².